The molecule has 0 aliphatic carbocycles. The van der Waals surface area contributed by atoms with Gasteiger partial charge in [-0.1, -0.05) is 0 Å². The molecule has 26 heavy (non-hydrogen) atoms. The first-order valence-electron chi connectivity index (χ1n) is 9.38. The van der Waals surface area contributed by atoms with Crippen molar-refractivity contribution in [3.63, 3.8) is 0 Å². The molecule has 2 saturated heterocycles. The van der Waals surface area contributed by atoms with E-state index in [1.54, 1.807) is 6.33 Å². The Balaban J connectivity index is 1.41. The van der Waals surface area contributed by atoms with Crippen LogP contribution in [0.4, 0.5) is 0 Å². The maximum atomic E-state index is 12.9. The van der Waals surface area contributed by atoms with Crippen LogP contribution in [0.25, 0.3) is 11.0 Å². The molecular weight excluding hydrogens is 332 g/mol. The van der Waals surface area contributed by atoms with Gasteiger partial charge in [-0.05, 0) is 37.5 Å². The minimum absolute atomic E-state index is 0.0251. The molecule has 0 saturated carbocycles. The van der Waals surface area contributed by atoms with Crippen molar-refractivity contribution in [3.8, 4) is 0 Å². The Hall–Kier alpha value is -1.96. The van der Waals surface area contributed by atoms with Crippen molar-refractivity contribution in [2.45, 2.75) is 24.9 Å². The molecule has 0 spiro atoms. The van der Waals surface area contributed by atoms with E-state index in [0.29, 0.717) is 31.6 Å². The number of morpholine rings is 1. The summed E-state index contributed by atoms with van der Waals surface area (Å²) in [4.78, 5) is 24.3. The number of carbonyl (C=O) groups is 1. The maximum absolute atomic E-state index is 12.9. The van der Waals surface area contributed by atoms with Gasteiger partial charge in [-0.3, -0.25) is 9.69 Å². The summed E-state index contributed by atoms with van der Waals surface area (Å²) in [5.41, 5.74) is 1.67. The fourth-order valence-electron chi connectivity index (χ4n) is 3.97. The standard InChI is InChI=1S/C19H26N4O3/c24-18(15-2-3-16-17(12-15)21-14-20-16)23-6-1-4-19(25,5-7-23)13-22-8-10-26-11-9-22/h2-3,12,14,25H,1,4-11,13H2,(H,20,21)/t19-/m0/s1. The number of amides is 1. The van der Waals surface area contributed by atoms with E-state index in [-0.39, 0.29) is 5.91 Å². The maximum Gasteiger partial charge on any atom is 0.253 e. The zero-order chi connectivity index (χ0) is 18.0. The summed E-state index contributed by atoms with van der Waals surface area (Å²) in [6.45, 7) is 5.14. The number of carbonyl (C=O) groups excluding carboxylic acids is 1. The number of β-amino-alcohol motifs (C(OH)–C–C–N with tert-alkyl or cyclic N) is 1. The van der Waals surface area contributed by atoms with Crippen molar-refractivity contribution in [1.82, 2.24) is 19.8 Å². The van der Waals surface area contributed by atoms with Gasteiger partial charge in [0.15, 0.2) is 0 Å². The average Bonchev–Trinajstić information content (AvgIpc) is 3.04. The molecule has 7 nitrogen and oxygen atoms in total. The Morgan fingerprint density at radius 3 is 2.92 bits per heavy atom. The normalized spacial score (nSPS) is 25.3. The van der Waals surface area contributed by atoms with Crippen LogP contribution in [0.1, 0.15) is 29.6 Å². The first-order chi connectivity index (χ1) is 12.6. The smallest absolute Gasteiger partial charge is 0.253 e. The molecule has 140 valence electrons. The van der Waals surface area contributed by atoms with Gasteiger partial charge in [0, 0.05) is 38.3 Å². The number of hydrogen-bond acceptors (Lipinski definition) is 5. The molecule has 0 radical (unpaired) electrons. The van der Waals surface area contributed by atoms with Crippen molar-refractivity contribution in [1.29, 1.82) is 0 Å². The monoisotopic (exact) mass is 358 g/mol. The van der Waals surface area contributed by atoms with E-state index in [1.807, 2.05) is 23.1 Å². The van der Waals surface area contributed by atoms with Crippen molar-refractivity contribution in [2.24, 2.45) is 0 Å². The molecule has 0 unspecified atom stereocenters. The highest BCUT2D eigenvalue weighted by atomic mass is 16.5. The highest BCUT2D eigenvalue weighted by Crippen LogP contribution is 2.25. The summed E-state index contributed by atoms with van der Waals surface area (Å²) in [5, 5.41) is 11.1. The second-order valence-electron chi connectivity index (χ2n) is 7.39. The lowest BCUT2D eigenvalue weighted by molar-refractivity contribution is -0.0389. The number of fused-ring (bicyclic) bond motifs is 1. The number of hydrogen-bond donors (Lipinski definition) is 2. The van der Waals surface area contributed by atoms with Gasteiger partial charge in [0.05, 0.1) is 36.2 Å². The molecule has 7 heteroatoms. The van der Waals surface area contributed by atoms with Crippen molar-refractivity contribution in [3.05, 3.63) is 30.1 Å². The molecule has 2 fully saturated rings. The predicted octanol–water partition coefficient (Wildman–Crippen LogP) is 1.25. The lowest BCUT2D eigenvalue weighted by atomic mass is 9.94. The van der Waals surface area contributed by atoms with Gasteiger partial charge in [-0.2, -0.15) is 0 Å². The Morgan fingerprint density at radius 1 is 1.23 bits per heavy atom. The molecule has 2 aromatic rings. The highest BCUT2D eigenvalue weighted by Gasteiger charge is 2.33. The van der Waals surface area contributed by atoms with E-state index in [2.05, 4.69) is 14.9 Å². The van der Waals surface area contributed by atoms with Crippen LogP contribution in [-0.4, -0.2) is 82.3 Å². The van der Waals surface area contributed by atoms with Crippen LogP contribution in [-0.2, 0) is 4.74 Å². The van der Waals surface area contributed by atoms with Gasteiger partial charge in [-0.15, -0.1) is 0 Å². The average molecular weight is 358 g/mol. The number of aromatic amines is 1. The van der Waals surface area contributed by atoms with Crippen LogP contribution in [0.3, 0.4) is 0 Å². The fraction of sp³-hybridized carbons (Fsp3) is 0.579. The number of imidazole rings is 1. The lowest BCUT2D eigenvalue weighted by Gasteiger charge is -2.35. The van der Waals surface area contributed by atoms with Gasteiger partial charge in [-0.25, -0.2) is 4.98 Å². The van der Waals surface area contributed by atoms with Crippen molar-refractivity contribution in [2.75, 3.05) is 45.9 Å². The number of rotatable bonds is 3. The number of benzene rings is 1. The second kappa shape index (κ2) is 7.34. The van der Waals surface area contributed by atoms with Crippen LogP contribution >= 0.6 is 0 Å². The number of H-pyrrole nitrogens is 1. The van der Waals surface area contributed by atoms with Gasteiger partial charge < -0.3 is 19.7 Å². The largest absolute Gasteiger partial charge is 0.388 e. The molecule has 2 N–H and O–H groups in total. The van der Waals surface area contributed by atoms with E-state index in [0.717, 1.165) is 50.2 Å². The van der Waals surface area contributed by atoms with Crippen molar-refractivity contribution < 1.29 is 14.6 Å². The summed E-state index contributed by atoms with van der Waals surface area (Å²) in [7, 11) is 0. The van der Waals surface area contributed by atoms with Gasteiger partial charge in [0.1, 0.15) is 0 Å². The minimum Gasteiger partial charge on any atom is -0.388 e. The second-order valence-corrected chi connectivity index (χ2v) is 7.39. The molecule has 1 atom stereocenters. The first kappa shape index (κ1) is 17.5. The minimum atomic E-state index is -0.723. The van der Waals surface area contributed by atoms with Crippen LogP contribution in [0.15, 0.2) is 24.5 Å². The molecule has 1 amide bonds. The summed E-state index contributed by atoms with van der Waals surface area (Å²) in [6, 6.07) is 5.55. The van der Waals surface area contributed by atoms with E-state index in [9.17, 15) is 9.90 Å². The lowest BCUT2D eigenvalue weighted by Crippen LogP contribution is -2.48. The van der Waals surface area contributed by atoms with Gasteiger partial charge in [0.2, 0.25) is 0 Å². The third-order valence-corrected chi connectivity index (χ3v) is 5.49. The Bertz CT molecular complexity index is 771. The van der Waals surface area contributed by atoms with E-state index in [1.165, 1.54) is 0 Å². The topological polar surface area (TPSA) is 81.7 Å². The predicted molar refractivity (Wildman–Crippen MR) is 98.1 cm³/mol. The molecule has 2 aliphatic rings. The number of nitrogens with one attached hydrogen (secondary N) is 1. The summed E-state index contributed by atoms with van der Waals surface area (Å²) >= 11 is 0. The number of nitrogens with zero attached hydrogens (tertiary/aromatic N) is 3. The zero-order valence-electron chi connectivity index (χ0n) is 15.0. The Morgan fingerprint density at radius 2 is 2.08 bits per heavy atom. The fourth-order valence-corrected chi connectivity index (χ4v) is 3.97. The van der Waals surface area contributed by atoms with Crippen LogP contribution in [0.5, 0.6) is 0 Å². The molecular formula is C19H26N4O3. The molecule has 2 aliphatic heterocycles. The molecule has 3 heterocycles. The SMILES string of the molecule is O=C(c1ccc2nc[nH]c2c1)N1CCC[C@@](O)(CN2CCOCC2)CC1. The Kier molecular flexibility index (Phi) is 4.93. The van der Waals surface area contributed by atoms with Crippen LogP contribution < -0.4 is 0 Å². The molecule has 4 rings (SSSR count). The number of aliphatic hydroxyl groups is 1. The molecule has 1 aromatic carbocycles. The highest BCUT2D eigenvalue weighted by molar-refractivity contribution is 5.97. The molecule has 0 bridgehead atoms. The quantitative estimate of drug-likeness (QED) is 0.863. The van der Waals surface area contributed by atoms with Crippen molar-refractivity contribution >= 4 is 16.9 Å². The summed E-state index contributed by atoms with van der Waals surface area (Å²) < 4.78 is 5.39. The summed E-state index contributed by atoms with van der Waals surface area (Å²) in [6.07, 6.45) is 3.80. The molecule has 1 aromatic heterocycles. The van der Waals surface area contributed by atoms with Crippen LogP contribution in [0.2, 0.25) is 0 Å². The number of ether oxygens (including phenoxy) is 1. The zero-order valence-corrected chi connectivity index (χ0v) is 15.0. The van der Waals surface area contributed by atoms with E-state index in [4.69, 9.17) is 4.74 Å². The third kappa shape index (κ3) is 3.75. The summed E-state index contributed by atoms with van der Waals surface area (Å²) in [5.74, 6) is 0.0251. The van der Waals surface area contributed by atoms with Gasteiger partial charge >= 0.3 is 0 Å². The number of likely N-dealkylation sites (tertiary alicyclic amines) is 1. The third-order valence-electron chi connectivity index (χ3n) is 5.49. The Labute approximate surface area is 152 Å². The first-order valence-corrected chi connectivity index (χ1v) is 9.38. The van der Waals surface area contributed by atoms with Crippen LogP contribution in [0, 0.1) is 0 Å². The van der Waals surface area contributed by atoms with E-state index >= 15 is 0 Å². The van der Waals surface area contributed by atoms with Gasteiger partial charge in [0.25, 0.3) is 5.91 Å². The number of aromatic nitrogens is 2. The van der Waals surface area contributed by atoms with E-state index < -0.39 is 5.60 Å².